The average Bonchev–Trinajstić information content (AvgIpc) is 2.38. The molecule has 1 rings (SSSR count). The number of urea groups is 1. The molecule has 1 atom stereocenters. The summed E-state index contributed by atoms with van der Waals surface area (Å²) in [5, 5.41) is 2.70. The fraction of sp³-hybridized carbons (Fsp3) is 0.385. The second kappa shape index (κ2) is 6.64. The zero-order valence-electron chi connectivity index (χ0n) is 10.8. The molecule has 1 N–H and O–H groups in total. The van der Waals surface area contributed by atoms with Crippen LogP contribution in [0.15, 0.2) is 30.3 Å². The van der Waals surface area contributed by atoms with Crippen molar-refractivity contribution in [3.63, 3.8) is 0 Å². The Kier molecular flexibility index (Phi) is 5.17. The van der Waals surface area contributed by atoms with E-state index >= 15 is 0 Å². The van der Waals surface area contributed by atoms with E-state index in [2.05, 4.69) is 5.32 Å². The normalized spacial score (nSPS) is 11.5. The molecule has 0 saturated heterocycles. The van der Waals surface area contributed by atoms with Crippen LogP contribution in [0.3, 0.4) is 0 Å². The predicted molar refractivity (Wildman–Crippen MR) is 69.3 cm³/mol. The summed E-state index contributed by atoms with van der Waals surface area (Å²) in [6, 6.07) is 8.10. The number of likely N-dealkylation sites (N-methyl/N-ethyl adjacent to an activating group) is 1. The zero-order valence-corrected chi connectivity index (χ0v) is 10.8. The highest BCUT2D eigenvalue weighted by atomic mass is 16.5. The van der Waals surface area contributed by atoms with Gasteiger partial charge in [-0.15, -0.1) is 0 Å². The first-order valence-electron chi connectivity index (χ1n) is 5.81. The van der Waals surface area contributed by atoms with Crippen LogP contribution in [0, 0.1) is 0 Å². The number of nitrogens with zero attached hydrogens (tertiary/aromatic N) is 1. The molecule has 0 aliphatic heterocycles. The summed E-state index contributed by atoms with van der Waals surface area (Å²) in [7, 11) is 1.56. The summed E-state index contributed by atoms with van der Waals surface area (Å²) in [6.45, 7) is 3.66. The Hall–Kier alpha value is -2.04. The zero-order chi connectivity index (χ0) is 13.5. The first-order valence-corrected chi connectivity index (χ1v) is 5.81. The number of carbonyl (C=O) groups is 2. The average molecular weight is 250 g/mol. The molecule has 0 fully saturated rings. The number of hydrogen-bond donors (Lipinski definition) is 1. The van der Waals surface area contributed by atoms with Gasteiger partial charge < -0.3 is 15.0 Å². The number of benzene rings is 1. The van der Waals surface area contributed by atoms with Gasteiger partial charge in [0.2, 0.25) is 0 Å². The topological polar surface area (TPSA) is 58.6 Å². The number of ether oxygens (including phenoxy) is 1. The molecule has 1 aromatic carbocycles. The van der Waals surface area contributed by atoms with E-state index in [1.807, 2.05) is 18.2 Å². The summed E-state index contributed by atoms with van der Waals surface area (Å²) in [5.41, 5.74) is 0.686. The minimum Gasteiger partial charge on any atom is -0.464 e. The highest BCUT2D eigenvalue weighted by Gasteiger charge is 2.23. The van der Waals surface area contributed by atoms with Gasteiger partial charge in [-0.05, 0) is 26.0 Å². The number of nitrogens with one attached hydrogen (secondary N) is 1. The van der Waals surface area contributed by atoms with Crippen molar-refractivity contribution in [2.45, 2.75) is 19.9 Å². The third-order valence-corrected chi connectivity index (χ3v) is 2.55. The quantitative estimate of drug-likeness (QED) is 0.832. The Balaban J connectivity index is 2.58. The molecule has 0 saturated carbocycles. The number of anilines is 1. The van der Waals surface area contributed by atoms with Crippen molar-refractivity contribution in [1.82, 2.24) is 4.90 Å². The van der Waals surface area contributed by atoms with Gasteiger partial charge in [-0.25, -0.2) is 9.59 Å². The van der Waals surface area contributed by atoms with Crippen LogP contribution in [0.5, 0.6) is 0 Å². The number of esters is 1. The molecule has 0 bridgehead atoms. The molecular weight excluding hydrogens is 232 g/mol. The van der Waals surface area contributed by atoms with Crippen LogP contribution in [0.4, 0.5) is 10.5 Å². The molecule has 1 aromatic rings. The van der Waals surface area contributed by atoms with Crippen LogP contribution in [-0.2, 0) is 9.53 Å². The van der Waals surface area contributed by atoms with Crippen LogP contribution in [0.2, 0.25) is 0 Å². The van der Waals surface area contributed by atoms with Gasteiger partial charge in [0.15, 0.2) is 0 Å². The summed E-state index contributed by atoms with van der Waals surface area (Å²) >= 11 is 0. The van der Waals surface area contributed by atoms with Crippen molar-refractivity contribution in [3.8, 4) is 0 Å². The first kappa shape index (κ1) is 14.0. The second-order valence-corrected chi connectivity index (χ2v) is 3.84. The molecule has 0 aliphatic carbocycles. The van der Waals surface area contributed by atoms with E-state index in [4.69, 9.17) is 4.74 Å². The van der Waals surface area contributed by atoms with E-state index in [0.29, 0.717) is 12.3 Å². The van der Waals surface area contributed by atoms with E-state index in [-0.39, 0.29) is 6.03 Å². The van der Waals surface area contributed by atoms with Gasteiger partial charge in [-0.3, -0.25) is 0 Å². The van der Waals surface area contributed by atoms with Crippen LogP contribution >= 0.6 is 0 Å². The van der Waals surface area contributed by atoms with E-state index < -0.39 is 12.0 Å². The van der Waals surface area contributed by atoms with Gasteiger partial charge in [0, 0.05) is 12.7 Å². The SMILES string of the molecule is CCOC(=O)[C@H](C)N(C)C(=O)Nc1ccccc1. The number of para-hydroxylation sites is 1. The Morgan fingerprint density at radius 2 is 1.94 bits per heavy atom. The molecule has 0 heterocycles. The number of carbonyl (C=O) groups excluding carboxylic acids is 2. The summed E-state index contributed by atoms with van der Waals surface area (Å²) in [5.74, 6) is -0.414. The smallest absolute Gasteiger partial charge is 0.328 e. The molecule has 98 valence electrons. The van der Waals surface area contributed by atoms with Crippen LogP contribution in [-0.4, -0.2) is 36.6 Å². The standard InChI is InChI=1S/C13H18N2O3/c1-4-18-12(16)10(2)15(3)13(17)14-11-8-6-5-7-9-11/h5-10H,4H2,1-3H3,(H,14,17)/t10-/m0/s1. The van der Waals surface area contributed by atoms with Gasteiger partial charge in [-0.2, -0.15) is 0 Å². The maximum atomic E-state index is 11.9. The Bertz CT molecular complexity index is 406. The molecule has 5 nitrogen and oxygen atoms in total. The van der Waals surface area contributed by atoms with Crippen molar-refractivity contribution in [3.05, 3.63) is 30.3 Å². The maximum Gasteiger partial charge on any atom is 0.328 e. The lowest BCUT2D eigenvalue weighted by Crippen LogP contribution is -2.43. The maximum absolute atomic E-state index is 11.9. The van der Waals surface area contributed by atoms with Crippen LogP contribution in [0.1, 0.15) is 13.8 Å². The minimum atomic E-state index is -0.617. The van der Waals surface area contributed by atoms with Gasteiger partial charge in [-0.1, -0.05) is 18.2 Å². The Morgan fingerprint density at radius 3 is 2.50 bits per heavy atom. The first-order chi connectivity index (χ1) is 8.56. The number of rotatable bonds is 4. The van der Waals surface area contributed by atoms with Gasteiger partial charge in [0.05, 0.1) is 6.61 Å². The van der Waals surface area contributed by atoms with E-state index in [0.717, 1.165) is 0 Å². The second-order valence-electron chi connectivity index (χ2n) is 3.84. The van der Waals surface area contributed by atoms with Crippen molar-refractivity contribution < 1.29 is 14.3 Å². The van der Waals surface area contributed by atoms with Crippen molar-refractivity contribution in [2.24, 2.45) is 0 Å². The molecule has 0 unspecified atom stereocenters. The van der Waals surface area contributed by atoms with E-state index in [9.17, 15) is 9.59 Å². The van der Waals surface area contributed by atoms with Crippen molar-refractivity contribution in [2.75, 3.05) is 19.0 Å². The highest BCUT2D eigenvalue weighted by Crippen LogP contribution is 2.08. The van der Waals surface area contributed by atoms with Crippen molar-refractivity contribution >= 4 is 17.7 Å². The lowest BCUT2D eigenvalue weighted by atomic mass is 10.3. The fourth-order valence-corrected chi connectivity index (χ4v) is 1.33. The Labute approximate surface area is 107 Å². The van der Waals surface area contributed by atoms with Gasteiger partial charge >= 0.3 is 12.0 Å². The van der Waals surface area contributed by atoms with E-state index in [1.165, 1.54) is 4.90 Å². The summed E-state index contributed by atoms with van der Waals surface area (Å²) in [6.07, 6.45) is 0. The molecule has 2 amide bonds. The monoisotopic (exact) mass is 250 g/mol. The molecular formula is C13H18N2O3. The van der Waals surface area contributed by atoms with Gasteiger partial charge in [0.1, 0.15) is 6.04 Å². The third-order valence-electron chi connectivity index (χ3n) is 2.55. The third kappa shape index (κ3) is 3.76. The summed E-state index contributed by atoms with van der Waals surface area (Å²) in [4.78, 5) is 24.7. The van der Waals surface area contributed by atoms with Crippen molar-refractivity contribution in [1.29, 1.82) is 0 Å². The fourth-order valence-electron chi connectivity index (χ4n) is 1.33. The predicted octanol–water partition coefficient (Wildman–Crippen LogP) is 2.10. The lowest BCUT2D eigenvalue weighted by Gasteiger charge is -2.23. The largest absolute Gasteiger partial charge is 0.464 e. The molecule has 18 heavy (non-hydrogen) atoms. The number of amides is 2. The molecule has 0 radical (unpaired) electrons. The minimum absolute atomic E-state index is 0.303. The molecule has 0 aliphatic rings. The molecule has 0 spiro atoms. The molecule has 5 heteroatoms. The summed E-state index contributed by atoms with van der Waals surface area (Å²) < 4.78 is 4.86. The highest BCUT2D eigenvalue weighted by molar-refractivity contribution is 5.92. The van der Waals surface area contributed by atoms with Crippen LogP contribution < -0.4 is 5.32 Å². The van der Waals surface area contributed by atoms with E-state index in [1.54, 1.807) is 33.0 Å². The lowest BCUT2D eigenvalue weighted by molar-refractivity contribution is -0.147. The number of hydrogen-bond acceptors (Lipinski definition) is 3. The van der Waals surface area contributed by atoms with Crippen LogP contribution in [0.25, 0.3) is 0 Å². The van der Waals surface area contributed by atoms with Gasteiger partial charge in [0.25, 0.3) is 0 Å². The molecule has 0 aromatic heterocycles. The Morgan fingerprint density at radius 1 is 1.33 bits per heavy atom.